The molecule has 5 nitrogen and oxygen atoms in total. The zero-order valence-corrected chi connectivity index (χ0v) is 19.5. The molecule has 0 N–H and O–H groups in total. The number of aryl methyl sites for hydroxylation is 1. The van der Waals surface area contributed by atoms with Crippen LogP contribution in [-0.4, -0.2) is 24.9 Å². The summed E-state index contributed by atoms with van der Waals surface area (Å²) in [6.45, 7) is 3.84. The largest absolute Gasteiger partial charge is 0.482 e. The maximum atomic E-state index is 12.8. The van der Waals surface area contributed by atoms with E-state index in [1.807, 2.05) is 19.1 Å². The third-order valence-corrected chi connectivity index (χ3v) is 5.80. The average molecular weight is 478 g/mol. The Bertz CT molecular complexity index is 981. The summed E-state index contributed by atoms with van der Waals surface area (Å²) in [6.07, 6.45) is 1.06. The first kappa shape index (κ1) is 25.6. The molecule has 8 heteroatoms. The van der Waals surface area contributed by atoms with Gasteiger partial charge in [-0.1, -0.05) is 43.0 Å². The quantitative estimate of drug-likeness (QED) is 0.224. The van der Waals surface area contributed by atoms with Gasteiger partial charge < -0.3 is 14.3 Å². The lowest BCUT2D eigenvalue weighted by Gasteiger charge is -2.14. The molecule has 1 saturated carbocycles. The van der Waals surface area contributed by atoms with E-state index in [2.05, 4.69) is 5.16 Å². The van der Waals surface area contributed by atoms with E-state index in [0.717, 1.165) is 48.2 Å². The molecule has 0 atom stereocenters. The molecule has 0 spiro atoms. The van der Waals surface area contributed by atoms with Crippen molar-refractivity contribution in [3.05, 3.63) is 64.7 Å². The lowest BCUT2D eigenvalue weighted by Crippen LogP contribution is -2.15. The number of hydrogen-bond acceptors (Lipinski definition) is 5. The van der Waals surface area contributed by atoms with Gasteiger partial charge in [-0.05, 0) is 73.2 Å². The molecule has 0 aliphatic heterocycles. The zero-order chi connectivity index (χ0) is 24.6. The van der Waals surface area contributed by atoms with Gasteiger partial charge in [0.15, 0.2) is 6.61 Å². The van der Waals surface area contributed by atoms with Crippen LogP contribution >= 0.6 is 0 Å². The fraction of sp³-hybridized carbons (Fsp3) is 0.462. The third-order valence-electron chi connectivity index (χ3n) is 5.80. The Hall–Kier alpha value is -3.03. The number of rotatable bonds is 10. The van der Waals surface area contributed by atoms with Gasteiger partial charge in [-0.2, -0.15) is 13.2 Å². The highest BCUT2D eigenvalue weighted by Gasteiger charge is 2.30. The summed E-state index contributed by atoms with van der Waals surface area (Å²) >= 11 is 0. The molecule has 1 aliphatic rings. The summed E-state index contributed by atoms with van der Waals surface area (Å²) in [4.78, 5) is 17.1. The predicted molar refractivity (Wildman–Crippen MR) is 123 cm³/mol. The van der Waals surface area contributed by atoms with Crippen molar-refractivity contribution in [1.29, 1.82) is 0 Å². The fourth-order valence-electron chi connectivity index (χ4n) is 4.00. The van der Waals surface area contributed by atoms with Crippen LogP contribution in [0.4, 0.5) is 13.2 Å². The second-order valence-corrected chi connectivity index (χ2v) is 8.43. The van der Waals surface area contributed by atoms with Gasteiger partial charge in [-0.15, -0.1) is 0 Å². The molecule has 2 aromatic rings. The molecule has 0 heterocycles. The fourth-order valence-corrected chi connectivity index (χ4v) is 4.00. The zero-order valence-electron chi connectivity index (χ0n) is 19.5. The van der Waals surface area contributed by atoms with Crippen LogP contribution in [0.3, 0.4) is 0 Å². The third kappa shape index (κ3) is 7.50. The first-order valence-electron chi connectivity index (χ1n) is 11.5. The number of hydrogen-bond donors (Lipinski definition) is 0. The normalized spacial score (nSPS) is 14.8. The maximum Gasteiger partial charge on any atom is 0.416 e. The van der Waals surface area contributed by atoms with Crippen molar-refractivity contribution >= 4 is 11.7 Å². The van der Waals surface area contributed by atoms with Crippen molar-refractivity contribution in [3.8, 4) is 5.75 Å². The number of benzene rings is 2. The van der Waals surface area contributed by atoms with E-state index in [9.17, 15) is 18.0 Å². The van der Waals surface area contributed by atoms with E-state index in [4.69, 9.17) is 14.3 Å². The number of esters is 1. The number of oxime groups is 1. The van der Waals surface area contributed by atoms with Crippen LogP contribution in [0.2, 0.25) is 0 Å². The molecular weight excluding hydrogens is 447 g/mol. The van der Waals surface area contributed by atoms with Gasteiger partial charge in [0.05, 0.1) is 17.9 Å². The Kier molecular flexibility index (Phi) is 8.96. The van der Waals surface area contributed by atoms with E-state index in [-0.39, 0.29) is 13.2 Å². The van der Waals surface area contributed by atoms with Crippen LogP contribution in [-0.2, 0) is 27.2 Å². The highest BCUT2D eigenvalue weighted by Crippen LogP contribution is 2.31. The van der Waals surface area contributed by atoms with E-state index in [1.165, 1.54) is 25.0 Å². The highest BCUT2D eigenvalue weighted by molar-refractivity contribution is 6.00. The number of nitrogens with zero attached hydrogens (tertiary/aromatic N) is 1. The van der Waals surface area contributed by atoms with Crippen molar-refractivity contribution < 1.29 is 32.3 Å². The van der Waals surface area contributed by atoms with Crippen molar-refractivity contribution in [2.24, 2.45) is 11.1 Å². The van der Waals surface area contributed by atoms with Crippen LogP contribution < -0.4 is 4.74 Å². The monoisotopic (exact) mass is 477 g/mol. The molecule has 0 unspecified atom stereocenters. The van der Waals surface area contributed by atoms with Gasteiger partial charge in [-0.3, -0.25) is 0 Å². The number of halogens is 3. The summed E-state index contributed by atoms with van der Waals surface area (Å²) in [7, 11) is 0. The van der Waals surface area contributed by atoms with Gasteiger partial charge in [0, 0.05) is 0 Å². The molecule has 0 amide bonds. The summed E-state index contributed by atoms with van der Waals surface area (Å²) in [5.41, 5.74) is 2.45. The van der Waals surface area contributed by atoms with Gasteiger partial charge in [-0.25, -0.2) is 4.79 Å². The first-order valence-corrected chi connectivity index (χ1v) is 11.5. The lowest BCUT2D eigenvalue weighted by molar-refractivity contribution is -0.145. The van der Waals surface area contributed by atoms with Gasteiger partial charge >= 0.3 is 12.1 Å². The standard InChI is InChI=1S/C26H30F3NO4/c1-3-32-25(31)17-33-24-13-10-21(14-18(24)2)23(15-19-6-4-5-7-19)30-34-16-20-8-11-22(12-9-20)26(27,28)29/h8-14,19H,3-7,15-17H2,1-2H3/b30-23+. The van der Waals surface area contributed by atoms with E-state index in [0.29, 0.717) is 23.8 Å². The lowest BCUT2D eigenvalue weighted by atomic mass is 9.95. The van der Waals surface area contributed by atoms with Crippen LogP contribution in [0.5, 0.6) is 5.75 Å². The summed E-state index contributed by atoms with van der Waals surface area (Å²) in [5, 5.41) is 4.37. The van der Waals surface area contributed by atoms with Crippen molar-refractivity contribution in [2.45, 2.75) is 58.7 Å². The Morgan fingerprint density at radius 2 is 1.79 bits per heavy atom. The molecule has 0 saturated heterocycles. The molecule has 0 bridgehead atoms. The molecule has 184 valence electrons. The molecule has 1 aliphatic carbocycles. The van der Waals surface area contributed by atoms with E-state index >= 15 is 0 Å². The maximum absolute atomic E-state index is 12.8. The van der Waals surface area contributed by atoms with Crippen molar-refractivity contribution in [2.75, 3.05) is 13.2 Å². The number of ether oxygens (including phenoxy) is 2. The summed E-state index contributed by atoms with van der Waals surface area (Å²) in [6, 6.07) is 10.5. The Labute approximate surface area is 197 Å². The van der Waals surface area contributed by atoms with Crippen LogP contribution in [0, 0.1) is 12.8 Å². The molecule has 34 heavy (non-hydrogen) atoms. The average Bonchev–Trinajstić information content (AvgIpc) is 3.31. The number of alkyl halides is 3. The minimum atomic E-state index is -4.37. The van der Waals surface area contributed by atoms with E-state index < -0.39 is 17.7 Å². The topological polar surface area (TPSA) is 57.1 Å². The number of carbonyl (C=O) groups excluding carboxylic acids is 1. The van der Waals surface area contributed by atoms with Crippen molar-refractivity contribution in [3.63, 3.8) is 0 Å². The molecule has 0 radical (unpaired) electrons. The molecule has 3 rings (SSSR count). The van der Waals surface area contributed by atoms with Crippen molar-refractivity contribution in [1.82, 2.24) is 0 Å². The van der Waals surface area contributed by atoms with Gasteiger partial charge in [0.1, 0.15) is 12.4 Å². The Morgan fingerprint density at radius 3 is 2.41 bits per heavy atom. The first-order chi connectivity index (χ1) is 16.3. The molecular formula is C26H30F3NO4. The number of carbonyl (C=O) groups is 1. The van der Waals surface area contributed by atoms with E-state index in [1.54, 1.807) is 13.0 Å². The minimum absolute atomic E-state index is 0.0754. The Morgan fingerprint density at radius 1 is 1.09 bits per heavy atom. The van der Waals surface area contributed by atoms with Crippen LogP contribution in [0.25, 0.3) is 0 Å². The predicted octanol–water partition coefficient (Wildman–Crippen LogP) is 6.46. The molecule has 1 fully saturated rings. The van der Waals surface area contributed by atoms with Gasteiger partial charge in [0.25, 0.3) is 0 Å². The second kappa shape index (κ2) is 11.9. The summed E-state index contributed by atoms with van der Waals surface area (Å²) < 4.78 is 48.7. The molecule has 2 aromatic carbocycles. The SMILES string of the molecule is CCOC(=O)COc1ccc(/C(CC2CCCC2)=N/OCc2ccc(C(F)(F)F)cc2)cc1C. The Balaban J connectivity index is 1.70. The molecule has 0 aromatic heterocycles. The van der Waals surface area contributed by atoms with Gasteiger partial charge in [0.2, 0.25) is 0 Å². The second-order valence-electron chi connectivity index (χ2n) is 8.43. The van der Waals surface area contributed by atoms with Crippen LogP contribution in [0.1, 0.15) is 61.3 Å². The summed E-state index contributed by atoms with van der Waals surface area (Å²) in [5.74, 6) is 0.683. The smallest absolute Gasteiger partial charge is 0.416 e. The van der Waals surface area contributed by atoms with Crippen LogP contribution in [0.15, 0.2) is 47.6 Å². The minimum Gasteiger partial charge on any atom is -0.482 e. The highest BCUT2D eigenvalue weighted by atomic mass is 19.4.